The highest BCUT2D eigenvalue weighted by Crippen LogP contribution is 2.36. The van der Waals surface area contributed by atoms with Gasteiger partial charge in [0, 0.05) is 34.7 Å². The molecule has 2 aliphatic rings. The van der Waals surface area contributed by atoms with E-state index in [9.17, 15) is 15.0 Å². The second-order valence-corrected chi connectivity index (χ2v) is 5.91. The lowest BCUT2D eigenvalue weighted by molar-refractivity contribution is 0.103. The van der Waals surface area contributed by atoms with E-state index in [1.807, 2.05) is 6.92 Å². The molecule has 20 heavy (non-hydrogen) atoms. The Morgan fingerprint density at radius 3 is 2.85 bits per heavy atom. The molecular weight excluding hydrogens is 298 g/mol. The van der Waals surface area contributed by atoms with E-state index in [1.54, 1.807) is 11.5 Å². The molecule has 1 aliphatic carbocycles. The van der Waals surface area contributed by atoms with Crippen LogP contribution in [0.3, 0.4) is 0 Å². The van der Waals surface area contributed by atoms with E-state index in [1.165, 1.54) is 6.07 Å². The number of nitrogens with zero attached hydrogens (tertiary/aromatic N) is 1. The van der Waals surface area contributed by atoms with Gasteiger partial charge < -0.3 is 10.2 Å². The Labute approximate surface area is 124 Å². The van der Waals surface area contributed by atoms with E-state index < -0.39 is 0 Å². The van der Waals surface area contributed by atoms with Crippen molar-refractivity contribution in [3.8, 4) is 5.06 Å². The van der Waals surface area contributed by atoms with Crippen molar-refractivity contribution in [3.05, 3.63) is 50.7 Å². The number of halogens is 1. The van der Waals surface area contributed by atoms with Gasteiger partial charge in [0.25, 0.3) is 0 Å². The summed E-state index contributed by atoms with van der Waals surface area (Å²) in [6, 6.07) is 1.37. The number of hydrogen-bond donors (Lipinski definition) is 2. The summed E-state index contributed by atoms with van der Waals surface area (Å²) >= 11 is 7.07. The molecule has 1 aromatic heterocycles. The summed E-state index contributed by atoms with van der Waals surface area (Å²) in [7, 11) is 0. The number of allylic oxidation sites excluding steroid dienone is 5. The quantitative estimate of drug-likeness (QED) is 0.818. The van der Waals surface area contributed by atoms with Crippen LogP contribution in [0.1, 0.15) is 23.7 Å². The Morgan fingerprint density at radius 2 is 2.20 bits per heavy atom. The van der Waals surface area contributed by atoms with Crippen LogP contribution in [0.5, 0.6) is 5.06 Å². The number of hydrogen-bond acceptors (Lipinski definition) is 5. The van der Waals surface area contributed by atoms with E-state index >= 15 is 0 Å². The molecule has 3 rings (SSSR count). The van der Waals surface area contributed by atoms with Gasteiger partial charge in [-0.15, -0.1) is 11.3 Å². The first-order valence-corrected chi connectivity index (χ1v) is 7.14. The molecule has 0 bridgehead atoms. The van der Waals surface area contributed by atoms with Gasteiger partial charge in [0.2, 0.25) is 0 Å². The Morgan fingerprint density at radius 1 is 1.45 bits per heavy atom. The van der Waals surface area contributed by atoms with Crippen molar-refractivity contribution < 1.29 is 15.0 Å². The molecule has 0 spiro atoms. The number of ketones is 1. The molecule has 0 radical (unpaired) electrons. The standard InChI is InChI=1S/C14H10ClNO3S/c1-6-2-8-10(16-6)4-9(15)14(19)12(8)13(18)7-3-11(17)20-5-7/h2-3,5,17,19H,4H2,1H3. The maximum Gasteiger partial charge on any atom is 0.198 e. The summed E-state index contributed by atoms with van der Waals surface area (Å²) in [5.74, 6) is -0.576. The first-order valence-electron chi connectivity index (χ1n) is 5.88. The molecule has 0 aromatic carbocycles. The summed E-state index contributed by atoms with van der Waals surface area (Å²) in [6.07, 6.45) is 2.08. The highest BCUT2D eigenvalue weighted by Gasteiger charge is 2.31. The molecule has 0 fully saturated rings. The Bertz CT molecular complexity index is 752. The molecule has 2 heterocycles. The Balaban J connectivity index is 2.16. The molecule has 1 aromatic rings. The fraction of sp³-hybridized carbons (Fsp3) is 0.143. The summed E-state index contributed by atoms with van der Waals surface area (Å²) in [6.45, 7) is 1.82. The lowest BCUT2D eigenvalue weighted by atomic mass is 9.90. The van der Waals surface area contributed by atoms with Gasteiger partial charge in [-0.1, -0.05) is 11.6 Å². The highest BCUT2D eigenvalue weighted by atomic mass is 35.5. The van der Waals surface area contributed by atoms with Crippen LogP contribution < -0.4 is 0 Å². The van der Waals surface area contributed by atoms with E-state index in [0.717, 1.165) is 17.0 Å². The molecule has 102 valence electrons. The van der Waals surface area contributed by atoms with Crippen LogP contribution in [0, 0.1) is 0 Å². The first kappa shape index (κ1) is 13.1. The van der Waals surface area contributed by atoms with Crippen molar-refractivity contribution in [2.24, 2.45) is 4.99 Å². The van der Waals surface area contributed by atoms with Crippen molar-refractivity contribution in [1.29, 1.82) is 0 Å². The minimum absolute atomic E-state index is 0.0522. The van der Waals surface area contributed by atoms with Crippen LogP contribution in [0.25, 0.3) is 0 Å². The van der Waals surface area contributed by atoms with Gasteiger partial charge in [-0.25, -0.2) is 0 Å². The molecule has 0 unspecified atom stereocenters. The second kappa shape index (κ2) is 4.61. The largest absolute Gasteiger partial charge is 0.506 e. The average molecular weight is 308 g/mol. The number of carbonyl (C=O) groups is 1. The van der Waals surface area contributed by atoms with Gasteiger partial charge in [0.15, 0.2) is 10.8 Å². The lowest BCUT2D eigenvalue weighted by Gasteiger charge is -2.17. The number of fused-ring (bicyclic) bond motifs is 1. The van der Waals surface area contributed by atoms with Crippen molar-refractivity contribution in [1.82, 2.24) is 0 Å². The number of aliphatic imine (C=N–C) groups is 1. The van der Waals surface area contributed by atoms with Crippen LogP contribution in [0.2, 0.25) is 0 Å². The Hall–Kier alpha value is -1.85. The predicted molar refractivity (Wildman–Crippen MR) is 78.7 cm³/mol. The minimum atomic E-state index is -0.370. The SMILES string of the molecule is CC1=CC2=C(C(=O)c3csc(O)c3)C(O)=C(Cl)CC2=N1. The molecular formula is C14H10ClNO3S. The van der Waals surface area contributed by atoms with Crippen LogP contribution >= 0.6 is 22.9 Å². The van der Waals surface area contributed by atoms with E-state index in [0.29, 0.717) is 23.3 Å². The first-order chi connectivity index (χ1) is 9.47. The second-order valence-electron chi connectivity index (χ2n) is 4.57. The van der Waals surface area contributed by atoms with Gasteiger partial charge in [0.1, 0.15) is 5.76 Å². The number of aliphatic hydroxyl groups is 1. The third kappa shape index (κ3) is 1.99. The third-order valence-corrected chi connectivity index (χ3v) is 4.18. The average Bonchev–Trinajstić information content (AvgIpc) is 2.95. The zero-order valence-corrected chi connectivity index (χ0v) is 12.0. The van der Waals surface area contributed by atoms with Crippen LogP contribution in [0.15, 0.2) is 50.1 Å². The topological polar surface area (TPSA) is 69.9 Å². The monoisotopic (exact) mass is 307 g/mol. The number of aliphatic hydroxyl groups excluding tert-OH is 1. The highest BCUT2D eigenvalue weighted by molar-refractivity contribution is 7.12. The van der Waals surface area contributed by atoms with Gasteiger partial charge in [-0.2, -0.15) is 0 Å². The summed E-state index contributed by atoms with van der Waals surface area (Å²) in [4.78, 5) is 16.8. The molecule has 2 N–H and O–H groups in total. The molecule has 1 aliphatic heterocycles. The number of Topliss-reactive ketones (excluding diaryl/α,β-unsaturated/α-hetero) is 1. The van der Waals surface area contributed by atoms with Gasteiger partial charge >= 0.3 is 0 Å². The number of aromatic hydroxyl groups is 1. The van der Waals surface area contributed by atoms with E-state index in [-0.39, 0.29) is 27.2 Å². The maximum absolute atomic E-state index is 12.5. The van der Waals surface area contributed by atoms with Crippen molar-refractivity contribution in [3.63, 3.8) is 0 Å². The fourth-order valence-electron chi connectivity index (χ4n) is 2.26. The van der Waals surface area contributed by atoms with Crippen LogP contribution in [-0.2, 0) is 0 Å². The zero-order valence-electron chi connectivity index (χ0n) is 10.5. The summed E-state index contributed by atoms with van der Waals surface area (Å²) in [5.41, 5.74) is 2.54. The Kier molecular flexibility index (Phi) is 3.03. The van der Waals surface area contributed by atoms with Crippen LogP contribution in [-0.4, -0.2) is 21.7 Å². The van der Waals surface area contributed by atoms with Crippen LogP contribution in [0.4, 0.5) is 0 Å². The van der Waals surface area contributed by atoms with Crippen molar-refractivity contribution in [2.45, 2.75) is 13.3 Å². The van der Waals surface area contributed by atoms with Gasteiger partial charge in [-0.3, -0.25) is 9.79 Å². The number of thiophene rings is 1. The zero-order chi connectivity index (χ0) is 14.4. The lowest BCUT2D eigenvalue weighted by Crippen LogP contribution is -2.17. The normalized spacial score (nSPS) is 18.1. The summed E-state index contributed by atoms with van der Waals surface area (Å²) in [5, 5.41) is 21.3. The van der Waals surface area contributed by atoms with E-state index in [4.69, 9.17) is 11.6 Å². The van der Waals surface area contributed by atoms with Gasteiger partial charge in [-0.05, 0) is 13.0 Å². The summed E-state index contributed by atoms with van der Waals surface area (Å²) < 4.78 is 0. The molecule has 0 saturated carbocycles. The number of rotatable bonds is 2. The number of carbonyl (C=O) groups excluding carboxylic acids is 1. The molecule has 0 amide bonds. The molecule has 0 saturated heterocycles. The minimum Gasteiger partial charge on any atom is -0.506 e. The molecule has 6 heteroatoms. The predicted octanol–water partition coefficient (Wildman–Crippen LogP) is 3.70. The molecule has 4 nitrogen and oxygen atoms in total. The fourth-order valence-corrected chi connectivity index (χ4v) is 3.10. The van der Waals surface area contributed by atoms with Gasteiger partial charge in [0.05, 0.1) is 16.3 Å². The van der Waals surface area contributed by atoms with E-state index in [2.05, 4.69) is 4.99 Å². The molecule has 0 atom stereocenters. The van der Waals surface area contributed by atoms with Crippen molar-refractivity contribution in [2.75, 3.05) is 0 Å². The van der Waals surface area contributed by atoms with Crippen molar-refractivity contribution >= 4 is 34.4 Å². The third-order valence-electron chi connectivity index (χ3n) is 3.14. The smallest absolute Gasteiger partial charge is 0.198 e. The maximum atomic E-state index is 12.5.